The molecule has 4 N–H and O–H groups in total. The number of benzene rings is 3. The van der Waals surface area contributed by atoms with Gasteiger partial charge in [0.25, 0.3) is 0 Å². The molecule has 2 aliphatic heterocycles. The van der Waals surface area contributed by atoms with Crippen LogP contribution >= 0.6 is 0 Å². The Balaban J connectivity index is 1.61. The van der Waals surface area contributed by atoms with Crippen molar-refractivity contribution in [2.24, 2.45) is 11.8 Å². The summed E-state index contributed by atoms with van der Waals surface area (Å²) in [4.78, 5) is 201. The third kappa shape index (κ3) is 20.7. The van der Waals surface area contributed by atoms with E-state index in [0.717, 1.165) is 43.8 Å². The SMILES string of the molecule is CC(C)C[C@H]1C(=O)N[C@@H](C(C)C)C(=O)N(C)[C@@H](C)C(=O)N(C)[C@@H](C)C(=O)NCC(=O)N(C)[C@@H](C)C(=O)N[C@H](C(=O)N(C)[C@@H](Cc2ccccc2)C(=O)N(C)[C@@H](Cc2ccccc2)C(=O)N[C@@H](C)C(=O)N2CCCCC2)CC(=O)N(C)[C@H](C)C(=O)N(C)[C@@H](Cc2ccccc2)C(=O)N1C. The maximum Gasteiger partial charge on any atom is 0.246 e. The number of nitrogens with zero attached hydrogens (tertiary/aromatic N) is 9. The van der Waals surface area contributed by atoms with Crippen LogP contribution in [0.1, 0.15) is 111 Å². The van der Waals surface area contributed by atoms with Gasteiger partial charge < -0.3 is 65.4 Å². The maximum absolute atomic E-state index is 15.6. The molecular weight excluding hydrogens is 1250 g/mol. The number of rotatable bonds is 16. The fourth-order valence-electron chi connectivity index (χ4n) is 12.0. The molecule has 0 saturated carbocycles. The molecule has 98 heavy (non-hydrogen) atoms. The van der Waals surface area contributed by atoms with E-state index in [9.17, 15) is 38.4 Å². The molecule has 2 heterocycles. The highest BCUT2D eigenvalue weighted by molar-refractivity contribution is 6.01. The summed E-state index contributed by atoms with van der Waals surface area (Å²) < 4.78 is 0. The smallest absolute Gasteiger partial charge is 0.246 e. The molecule has 2 saturated heterocycles. The van der Waals surface area contributed by atoms with Gasteiger partial charge in [-0.15, -0.1) is 0 Å². The number of likely N-dealkylation sites (N-methyl/N-ethyl adjacent to an activating group) is 8. The first-order valence-electron chi connectivity index (χ1n) is 33.8. The molecule has 13 amide bonds. The van der Waals surface area contributed by atoms with Crippen LogP contribution < -0.4 is 21.3 Å². The highest BCUT2D eigenvalue weighted by atomic mass is 16.2. The van der Waals surface area contributed by atoms with E-state index in [-0.39, 0.29) is 37.5 Å². The van der Waals surface area contributed by atoms with Crippen molar-refractivity contribution in [1.82, 2.24) is 65.4 Å². The average Bonchev–Trinajstić information content (AvgIpc) is 0.815. The van der Waals surface area contributed by atoms with Gasteiger partial charge in [-0.1, -0.05) is 119 Å². The summed E-state index contributed by atoms with van der Waals surface area (Å²) in [6.07, 6.45) is 1.71. The monoisotopic (exact) mass is 1360 g/mol. The van der Waals surface area contributed by atoms with Gasteiger partial charge >= 0.3 is 0 Å². The molecule has 5 rings (SSSR count). The zero-order valence-corrected chi connectivity index (χ0v) is 60.3. The lowest BCUT2D eigenvalue weighted by molar-refractivity contribution is -0.153. The van der Waals surface area contributed by atoms with E-state index in [0.29, 0.717) is 29.8 Å². The van der Waals surface area contributed by atoms with Gasteiger partial charge in [0.2, 0.25) is 76.8 Å². The van der Waals surface area contributed by atoms with Gasteiger partial charge in [0, 0.05) is 88.7 Å². The first kappa shape index (κ1) is 79.5. The summed E-state index contributed by atoms with van der Waals surface area (Å²) in [5.74, 6) is -10.1. The molecule has 3 aromatic rings. The van der Waals surface area contributed by atoms with Gasteiger partial charge in [0.1, 0.15) is 66.5 Å². The molecule has 26 nitrogen and oxygen atoms in total. The van der Waals surface area contributed by atoms with Crippen LogP contribution in [0.3, 0.4) is 0 Å². The average molecular weight is 1360 g/mol. The standard InChI is InChI=1S/C72H105N13O13/c1-44(2)38-55-65(91)76-61(45(3)4)72(98)80(13)50(9)67(93)79(12)47(6)62(88)73-43-60(87)77(10)48(7)63(89)75-54(42-59(86)78(11)49(8)68(94)83(16)57(70(96)81(55)14)40-52-32-24-19-25-33-52)69(95)84(17)58(41-53-34-26-20-27-35-53)71(97)82(15)56(39-51-30-22-18-23-31-51)64(90)74-46(5)66(92)85-36-28-21-29-37-85/h18-20,22-27,30-35,44-50,54-58,61H,21,28-29,36-43H2,1-17H3,(H,73,88)(H,74,90)(H,75,89)(H,76,91)/t46-,47-,48-,49+,50-,54-,55-,56-,57-,58-,61-/m0/s1. The van der Waals surface area contributed by atoms with Crippen LogP contribution in [-0.4, -0.2) is 263 Å². The molecule has 0 spiro atoms. The van der Waals surface area contributed by atoms with Crippen molar-refractivity contribution in [3.05, 3.63) is 108 Å². The summed E-state index contributed by atoms with van der Waals surface area (Å²) in [5, 5.41) is 10.9. The Bertz CT molecular complexity index is 3300. The van der Waals surface area contributed by atoms with Crippen molar-refractivity contribution in [3.8, 4) is 0 Å². The molecule has 0 bridgehead atoms. The quantitative estimate of drug-likeness (QED) is 0.160. The van der Waals surface area contributed by atoms with Gasteiger partial charge in [-0.05, 0) is 88.8 Å². The lowest BCUT2D eigenvalue weighted by Crippen LogP contribution is -2.61. The van der Waals surface area contributed by atoms with Crippen molar-refractivity contribution in [3.63, 3.8) is 0 Å². The van der Waals surface area contributed by atoms with Crippen molar-refractivity contribution in [2.45, 2.75) is 180 Å². The minimum Gasteiger partial charge on any atom is -0.345 e. The van der Waals surface area contributed by atoms with Crippen LogP contribution in [-0.2, 0) is 81.6 Å². The Morgan fingerprint density at radius 1 is 0.510 bits per heavy atom. The molecule has 0 aliphatic carbocycles. The van der Waals surface area contributed by atoms with Crippen molar-refractivity contribution in [1.29, 1.82) is 0 Å². The minimum absolute atomic E-state index is 0.00280. The zero-order valence-electron chi connectivity index (χ0n) is 60.3. The van der Waals surface area contributed by atoms with E-state index in [2.05, 4.69) is 21.3 Å². The predicted octanol–water partition coefficient (Wildman–Crippen LogP) is 2.12. The summed E-state index contributed by atoms with van der Waals surface area (Å²) in [6.45, 7) is 14.8. The number of likely N-dealkylation sites (tertiary alicyclic amines) is 1. The summed E-state index contributed by atoms with van der Waals surface area (Å²) in [7, 11) is 10.9. The summed E-state index contributed by atoms with van der Waals surface area (Å²) in [6, 6.07) is 12.2. The molecule has 536 valence electrons. The molecule has 26 heteroatoms. The van der Waals surface area contributed by atoms with Crippen molar-refractivity contribution < 1.29 is 62.3 Å². The number of hydrogen-bond acceptors (Lipinski definition) is 13. The maximum atomic E-state index is 15.6. The highest BCUT2D eigenvalue weighted by Gasteiger charge is 2.44. The predicted molar refractivity (Wildman–Crippen MR) is 369 cm³/mol. The van der Waals surface area contributed by atoms with Crippen LogP contribution in [0, 0.1) is 11.8 Å². The van der Waals surface area contributed by atoms with Crippen molar-refractivity contribution >= 4 is 76.8 Å². The third-order valence-corrected chi connectivity index (χ3v) is 19.3. The van der Waals surface area contributed by atoms with Crippen LogP contribution in [0.2, 0.25) is 0 Å². The third-order valence-electron chi connectivity index (χ3n) is 19.3. The Hall–Kier alpha value is -9.23. The van der Waals surface area contributed by atoms with Gasteiger partial charge in [0.15, 0.2) is 0 Å². The Morgan fingerprint density at radius 3 is 1.51 bits per heavy atom. The van der Waals surface area contributed by atoms with Gasteiger partial charge in [-0.2, -0.15) is 0 Å². The molecule has 2 aliphatic rings. The molecule has 0 radical (unpaired) electrons. The first-order valence-corrected chi connectivity index (χ1v) is 33.8. The zero-order chi connectivity index (χ0) is 73.2. The van der Waals surface area contributed by atoms with E-state index in [1.807, 2.05) is 13.8 Å². The summed E-state index contributed by atoms with van der Waals surface area (Å²) >= 11 is 0. The van der Waals surface area contributed by atoms with E-state index in [4.69, 9.17) is 0 Å². The normalized spacial score (nSPS) is 23.3. The molecule has 0 aromatic heterocycles. The van der Waals surface area contributed by atoms with Crippen LogP contribution in [0.25, 0.3) is 0 Å². The molecule has 2 fully saturated rings. The van der Waals surface area contributed by atoms with Crippen molar-refractivity contribution in [2.75, 3.05) is 76.0 Å². The molecular formula is C72H105N13O13. The highest BCUT2D eigenvalue weighted by Crippen LogP contribution is 2.23. The van der Waals surface area contributed by atoms with E-state index < -0.39 is 156 Å². The molecule has 3 aromatic carbocycles. The second-order valence-electron chi connectivity index (χ2n) is 27.0. The topological polar surface area (TPSA) is 299 Å². The Labute approximate surface area is 577 Å². The largest absolute Gasteiger partial charge is 0.345 e. The number of hydrogen-bond donors (Lipinski definition) is 4. The second-order valence-corrected chi connectivity index (χ2v) is 27.0. The van der Waals surface area contributed by atoms with E-state index >= 15 is 24.0 Å². The lowest BCUT2D eigenvalue weighted by atomic mass is 9.97. The number of piperidine rings is 1. The summed E-state index contributed by atoms with van der Waals surface area (Å²) in [5.41, 5.74) is 1.92. The van der Waals surface area contributed by atoms with E-state index in [1.54, 1.807) is 117 Å². The van der Waals surface area contributed by atoms with Crippen LogP contribution in [0.4, 0.5) is 0 Å². The van der Waals surface area contributed by atoms with Crippen LogP contribution in [0.5, 0.6) is 0 Å². The van der Waals surface area contributed by atoms with Crippen LogP contribution in [0.15, 0.2) is 91.0 Å². The van der Waals surface area contributed by atoms with Gasteiger partial charge in [-0.25, -0.2) is 0 Å². The number of carbonyl (C=O) groups is 13. The fraction of sp³-hybridized carbons (Fsp3) is 0.569. The first-order chi connectivity index (χ1) is 46.1. The van der Waals surface area contributed by atoms with E-state index in [1.165, 1.54) is 98.8 Å². The van der Waals surface area contributed by atoms with Gasteiger partial charge in [0.05, 0.1) is 13.0 Å². The second kappa shape index (κ2) is 36.4. The van der Waals surface area contributed by atoms with Gasteiger partial charge in [-0.3, -0.25) is 62.3 Å². The lowest BCUT2D eigenvalue weighted by Gasteiger charge is -2.38. The Morgan fingerprint density at radius 2 is 0.980 bits per heavy atom. The molecule has 0 unspecified atom stereocenters. The minimum atomic E-state index is -1.83. The number of amides is 13. The Kier molecular flexibility index (Phi) is 29.5. The number of carbonyl (C=O) groups excluding carboxylic acids is 13. The number of nitrogens with one attached hydrogen (secondary N) is 4. The molecule has 11 atom stereocenters. The fourth-order valence-corrected chi connectivity index (χ4v) is 12.0.